The predicted molar refractivity (Wildman–Crippen MR) is 82.4 cm³/mol. The number of hydrogen-bond donors (Lipinski definition) is 2. The van der Waals surface area contributed by atoms with E-state index in [0.717, 1.165) is 37.1 Å². The monoisotopic (exact) mass is 302 g/mol. The summed E-state index contributed by atoms with van der Waals surface area (Å²) in [6.45, 7) is 4.69. The molecule has 6 nitrogen and oxygen atoms in total. The summed E-state index contributed by atoms with van der Waals surface area (Å²) in [7, 11) is 0. The number of pyridine rings is 1. The summed E-state index contributed by atoms with van der Waals surface area (Å²) in [5.41, 5.74) is 2.69. The van der Waals surface area contributed by atoms with Crippen molar-refractivity contribution >= 4 is 11.8 Å². The minimum atomic E-state index is -0.0347. The van der Waals surface area contributed by atoms with Gasteiger partial charge in [0.2, 0.25) is 5.91 Å². The van der Waals surface area contributed by atoms with Crippen molar-refractivity contribution in [3.8, 4) is 0 Å². The standard InChI is InChI=1S/C16H22N4O2/c1-11(21)20-7-4-14-12(10-20)8-18-9-15(14)16(22)19-13-2-5-17-6-3-13/h8-9,13,17H,2-7,10H2,1H3,(H,19,22). The van der Waals surface area contributed by atoms with E-state index in [2.05, 4.69) is 15.6 Å². The number of nitrogens with one attached hydrogen (secondary N) is 2. The van der Waals surface area contributed by atoms with Crippen molar-refractivity contribution in [3.05, 3.63) is 29.1 Å². The van der Waals surface area contributed by atoms with Gasteiger partial charge in [0.05, 0.1) is 5.56 Å². The third-order valence-electron chi connectivity index (χ3n) is 4.50. The average molecular weight is 302 g/mol. The normalized spacial score (nSPS) is 18.7. The van der Waals surface area contributed by atoms with Gasteiger partial charge >= 0.3 is 0 Å². The van der Waals surface area contributed by atoms with Crippen LogP contribution in [-0.2, 0) is 17.8 Å². The Balaban J connectivity index is 1.76. The molecule has 1 fully saturated rings. The number of nitrogens with zero attached hydrogens (tertiary/aromatic N) is 2. The van der Waals surface area contributed by atoms with E-state index >= 15 is 0 Å². The fourth-order valence-electron chi connectivity index (χ4n) is 3.19. The summed E-state index contributed by atoms with van der Waals surface area (Å²) in [4.78, 5) is 30.0. The highest BCUT2D eigenvalue weighted by molar-refractivity contribution is 5.96. The van der Waals surface area contributed by atoms with Crippen LogP contribution in [0.3, 0.4) is 0 Å². The van der Waals surface area contributed by atoms with Gasteiger partial charge < -0.3 is 15.5 Å². The first-order valence-electron chi connectivity index (χ1n) is 7.88. The molecule has 1 aromatic heterocycles. The van der Waals surface area contributed by atoms with Crippen molar-refractivity contribution in [3.63, 3.8) is 0 Å². The van der Waals surface area contributed by atoms with Crippen molar-refractivity contribution in [1.29, 1.82) is 0 Å². The van der Waals surface area contributed by atoms with Crippen molar-refractivity contribution in [2.75, 3.05) is 19.6 Å². The van der Waals surface area contributed by atoms with Gasteiger partial charge in [0.25, 0.3) is 5.91 Å². The average Bonchev–Trinajstić information content (AvgIpc) is 2.54. The van der Waals surface area contributed by atoms with Crippen LogP contribution in [0.4, 0.5) is 0 Å². The topological polar surface area (TPSA) is 74.3 Å². The smallest absolute Gasteiger partial charge is 0.253 e. The Bertz CT molecular complexity index is 582. The van der Waals surface area contributed by atoms with Crippen LogP contribution in [0.2, 0.25) is 0 Å². The second-order valence-corrected chi connectivity index (χ2v) is 6.01. The highest BCUT2D eigenvalue weighted by atomic mass is 16.2. The third kappa shape index (κ3) is 3.11. The van der Waals surface area contributed by atoms with Gasteiger partial charge in [-0.1, -0.05) is 0 Å². The molecule has 22 heavy (non-hydrogen) atoms. The maximum absolute atomic E-state index is 12.5. The number of fused-ring (bicyclic) bond motifs is 1. The zero-order chi connectivity index (χ0) is 15.5. The third-order valence-corrected chi connectivity index (χ3v) is 4.50. The summed E-state index contributed by atoms with van der Waals surface area (Å²) < 4.78 is 0. The lowest BCUT2D eigenvalue weighted by Crippen LogP contribution is -2.43. The molecule has 0 bridgehead atoms. The number of rotatable bonds is 2. The lowest BCUT2D eigenvalue weighted by atomic mass is 9.96. The van der Waals surface area contributed by atoms with Gasteiger partial charge in [-0.05, 0) is 43.5 Å². The van der Waals surface area contributed by atoms with E-state index in [4.69, 9.17) is 0 Å². The van der Waals surface area contributed by atoms with Gasteiger partial charge in [-0.2, -0.15) is 0 Å². The molecule has 3 rings (SSSR count). The Morgan fingerprint density at radius 1 is 1.32 bits per heavy atom. The second kappa shape index (κ2) is 6.44. The zero-order valence-electron chi connectivity index (χ0n) is 12.9. The number of aromatic nitrogens is 1. The van der Waals surface area contributed by atoms with Gasteiger partial charge in [-0.3, -0.25) is 14.6 Å². The first kappa shape index (κ1) is 15.0. The molecule has 118 valence electrons. The Labute approximate surface area is 130 Å². The number of carbonyl (C=O) groups excluding carboxylic acids is 2. The van der Waals surface area contributed by atoms with Crippen LogP contribution in [0.15, 0.2) is 12.4 Å². The van der Waals surface area contributed by atoms with Crippen molar-refractivity contribution in [1.82, 2.24) is 20.5 Å². The molecular weight excluding hydrogens is 280 g/mol. The quantitative estimate of drug-likeness (QED) is 0.833. The maximum Gasteiger partial charge on any atom is 0.253 e. The summed E-state index contributed by atoms with van der Waals surface area (Å²) in [5, 5.41) is 6.41. The number of amides is 2. The molecule has 6 heteroatoms. The van der Waals surface area contributed by atoms with E-state index < -0.39 is 0 Å². The van der Waals surface area contributed by atoms with Gasteiger partial charge in [0.1, 0.15) is 0 Å². The second-order valence-electron chi connectivity index (χ2n) is 6.01. The molecule has 2 amide bonds. The lowest BCUT2D eigenvalue weighted by Gasteiger charge is -2.29. The van der Waals surface area contributed by atoms with Gasteiger partial charge in [0.15, 0.2) is 0 Å². The summed E-state index contributed by atoms with van der Waals surface area (Å²) in [6, 6.07) is 0.238. The van der Waals surface area contributed by atoms with E-state index in [1.807, 2.05) is 0 Å². The van der Waals surface area contributed by atoms with Gasteiger partial charge in [-0.15, -0.1) is 0 Å². The van der Waals surface area contributed by atoms with Crippen molar-refractivity contribution in [2.45, 2.75) is 38.8 Å². The molecule has 0 unspecified atom stereocenters. The lowest BCUT2D eigenvalue weighted by molar-refractivity contribution is -0.129. The fraction of sp³-hybridized carbons (Fsp3) is 0.562. The number of piperidine rings is 1. The molecule has 0 saturated carbocycles. The van der Waals surface area contributed by atoms with E-state index in [1.165, 1.54) is 0 Å². The Kier molecular flexibility index (Phi) is 4.38. The zero-order valence-corrected chi connectivity index (χ0v) is 12.9. The van der Waals surface area contributed by atoms with Gasteiger partial charge in [0, 0.05) is 38.4 Å². The molecule has 3 heterocycles. The van der Waals surface area contributed by atoms with Crippen LogP contribution in [0.1, 0.15) is 41.3 Å². The van der Waals surface area contributed by atoms with Crippen LogP contribution >= 0.6 is 0 Å². The SMILES string of the molecule is CC(=O)N1CCc2c(cncc2C(=O)NC2CCNCC2)C1. The molecule has 0 aliphatic carbocycles. The molecular formula is C16H22N4O2. The molecule has 0 radical (unpaired) electrons. The molecule has 2 aliphatic heterocycles. The number of carbonyl (C=O) groups is 2. The number of hydrogen-bond acceptors (Lipinski definition) is 4. The molecule has 2 aliphatic rings. The van der Waals surface area contributed by atoms with Crippen LogP contribution in [0.25, 0.3) is 0 Å². The summed E-state index contributed by atoms with van der Waals surface area (Å²) in [5.74, 6) is 0.0303. The Morgan fingerprint density at radius 2 is 2.09 bits per heavy atom. The minimum Gasteiger partial charge on any atom is -0.349 e. The van der Waals surface area contributed by atoms with Gasteiger partial charge in [-0.25, -0.2) is 0 Å². The molecule has 0 aromatic carbocycles. The van der Waals surface area contributed by atoms with Crippen LogP contribution < -0.4 is 10.6 Å². The van der Waals surface area contributed by atoms with E-state index in [-0.39, 0.29) is 17.9 Å². The predicted octanol–water partition coefficient (Wildman–Crippen LogP) is 0.468. The van der Waals surface area contributed by atoms with E-state index in [0.29, 0.717) is 25.1 Å². The molecule has 0 spiro atoms. The Morgan fingerprint density at radius 3 is 2.82 bits per heavy atom. The van der Waals surface area contributed by atoms with E-state index in [9.17, 15) is 9.59 Å². The largest absolute Gasteiger partial charge is 0.349 e. The first-order chi connectivity index (χ1) is 10.6. The highest BCUT2D eigenvalue weighted by Crippen LogP contribution is 2.22. The summed E-state index contributed by atoms with van der Waals surface area (Å²) >= 11 is 0. The van der Waals surface area contributed by atoms with Crippen molar-refractivity contribution < 1.29 is 9.59 Å². The van der Waals surface area contributed by atoms with Crippen LogP contribution in [0, 0.1) is 0 Å². The molecule has 1 saturated heterocycles. The van der Waals surface area contributed by atoms with Crippen LogP contribution in [-0.4, -0.2) is 47.4 Å². The van der Waals surface area contributed by atoms with E-state index in [1.54, 1.807) is 24.2 Å². The minimum absolute atomic E-state index is 0.0347. The van der Waals surface area contributed by atoms with Crippen molar-refractivity contribution in [2.24, 2.45) is 0 Å². The molecule has 0 atom stereocenters. The molecule has 2 N–H and O–H groups in total. The Hall–Kier alpha value is -1.95. The van der Waals surface area contributed by atoms with Crippen LogP contribution in [0.5, 0.6) is 0 Å². The summed E-state index contributed by atoms with van der Waals surface area (Å²) in [6.07, 6.45) is 6.06. The fourth-order valence-corrected chi connectivity index (χ4v) is 3.19. The first-order valence-corrected chi connectivity index (χ1v) is 7.88. The maximum atomic E-state index is 12.5. The highest BCUT2D eigenvalue weighted by Gasteiger charge is 2.24. The molecule has 1 aromatic rings.